The van der Waals surface area contributed by atoms with Crippen LogP contribution >= 0.6 is 0 Å². The van der Waals surface area contributed by atoms with Crippen LogP contribution in [0.2, 0.25) is 0 Å². The molecule has 142 valence electrons. The molecular weight excluding hydrogens is 316 g/mol. The second kappa shape index (κ2) is 5.01. The van der Waals surface area contributed by atoms with Gasteiger partial charge in [-0.3, -0.25) is 0 Å². The van der Waals surface area contributed by atoms with Crippen molar-refractivity contribution >= 4 is 0 Å². The summed E-state index contributed by atoms with van der Waals surface area (Å²) in [5.41, 5.74) is -0.653. The Morgan fingerprint density at radius 1 is 0.880 bits per heavy atom. The summed E-state index contributed by atoms with van der Waals surface area (Å²) in [5, 5.41) is 32.9. The average Bonchev–Trinajstić information content (AvgIpc) is 3.01. The molecule has 4 saturated carbocycles. The van der Waals surface area contributed by atoms with E-state index in [9.17, 15) is 15.3 Å². The highest BCUT2D eigenvalue weighted by atomic mass is 16.6. The highest BCUT2D eigenvalue weighted by molar-refractivity contribution is 5.21. The summed E-state index contributed by atoms with van der Waals surface area (Å²) in [7, 11) is 0. The first-order valence-electron chi connectivity index (χ1n) is 10.5. The molecule has 5 rings (SSSR count). The number of aliphatic hydroxyl groups is 3. The van der Waals surface area contributed by atoms with Crippen LogP contribution in [0, 0.1) is 34.5 Å². The molecule has 0 aromatic carbocycles. The maximum Gasteiger partial charge on any atom is 0.166 e. The number of hydrogen-bond acceptors (Lipinski definition) is 4. The van der Waals surface area contributed by atoms with Gasteiger partial charge in [-0.05, 0) is 87.9 Å². The van der Waals surface area contributed by atoms with Crippen molar-refractivity contribution in [2.24, 2.45) is 34.5 Å². The lowest BCUT2D eigenvalue weighted by molar-refractivity contribution is -0.212. The fraction of sp³-hybridized carbons (Fsp3) is 1.00. The molecule has 0 radical (unpaired) electrons. The molecule has 3 N–H and O–H groups in total. The van der Waals surface area contributed by atoms with Crippen molar-refractivity contribution in [1.82, 2.24) is 0 Å². The van der Waals surface area contributed by atoms with Crippen LogP contribution in [-0.4, -0.2) is 39.4 Å². The Bertz CT molecular complexity index is 576. The summed E-state index contributed by atoms with van der Waals surface area (Å²) in [5.74, 6) is 0.492. The van der Waals surface area contributed by atoms with Gasteiger partial charge in [-0.1, -0.05) is 6.92 Å². The quantitative estimate of drug-likeness (QED) is 0.628. The van der Waals surface area contributed by atoms with Gasteiger partial charge >= 0.3 is 0 Å². The van der Waals surface area contributed by atoms with Crippen molar-refractivity contribution in [1.29, 1.82) is 0 Å². The Morgan fingerprint density at radius 2 is 1.68 bits per heavy atom. The van der Waals surface area contributed by atoms with Crippen molar-refractivity contribution in [3.8, 4) is 0 Å². The Morgan fingerprint density at radius 3 is 2.48 bits per heavy atom. The summed E-state index contributed by atoms with van der Waals surface area (Å²) in [6.07, 6.45) is 8.88. The fourth-order valence-electron chi connectivity index (χ4n) is 8.48. The van der Waals surface area contributed by atoms with Gasteiger partial charge in [0.25, 0.3) is 0 Å². The van der Waals surface area contributed by atoms with Gasteiger partial charge in [0.15, 0.2) is 5.79 Å². The number of aliphatic hydroxyl groups excluding tert-OH is 1. The minimum absolute atomic E-state index is 0.0738. The molecule has 25 heavy (non-hydrogen) atoms. The van der Waals surface area contributed by atoms with Crippen LogP contribution in [0.3, 0.4) is 0 Å². The van der Waals surface area contributed by atoms with Crippen molar-refractivity contribution in [2.45, 2.75) is 89.1 Å². The normalized spacial score (nSPS) is 63.5. The van der Waals surface area contributed by atoms with Gasteiger partial charge in [-0.2, -0.15) is 0 Å². The Balaban J connectivity index is 1.51. The van der Waals surface area contributed by atoms with Crippen LogP contribution in [0.4, 0.5) is 0 Å². The summed E-state index contributed by atoms with van der Waals surface area (Å²) in [6.45, 7) is 4.75. The van der Waals surface area contributed by atoms with Gasteiger partial charge in [0.05, 0.1) is 18.3 Å². The highest BCUT2D eigenvalue weighted by Crippen LogP contribution is 2.72. The molecular formula is C21H34O4. The second-order valence-electron chi connectivity index (χ2n) is 10.5. The molecule has 5 aliphatic rings. The molecule has 0 aromatic heterocycles. The Kier molecular flexibility index (Phi) is 3.40. The summed E-state index contributed by atoms with van der Waals surface area (Å²) in [6, 6.07) is 0. The molecule has 9 unspecified atom stereocenters. The van der Waals surface area contributed by atoms with E-state index in [1.807, 2.05) is 0 Å². The smallest absolute Gasteiger partial charge is 0.166 e. The van der Waals surface area contributed by atoms with E-state index in [0.717, 1.165) is 57.8 Å². The zero-order chi connectivity index (χ0) is 17.7. The summed E-state index contributed by atoms with van der Waals surface area (Å²) < 4.78 is 5.82. The molecule has 9 atom stereocenters. The van der Waals surface area contributed by atoms with Gasteiger partial charge in [-0.15, -0.1) is 0 Å². The number of rotatable bonds is 0. The Hall–Kier alpha value is -0.160. The third kappa shape index (κ3) is 1.93. The minimum Gasteiger partial charge on any atom is -0.393 e. The van der Waals surface area contributed by atoms with Crippen molar-refractivity contribution in [3.63, 3.8) is 0 Å². The van der Waals surface area contributed by atoms with Crippen LogP contribution in [0.25, 0.3) is 0 Å². The molecule has 0 bridgehead atoms. The van der Waals surface area contributed by atoms with E-state index in [1.165, 1.54) is 0 Å². The molecule has 1 heterocycles. The minimum atomic E-state index is -1.08. The molecule has 4 heteroatoms. The number of ether oxygens (including phenoxy) is 1. The van der Waals surface area contributed by atoms with Crippen LogP contribution < -0.4 is 0 Å². The van der Waals surface area contributed by atoms with Crippen molar-refractivity contribution in [3.05, 3.63) is 0 Å². The van der Waals surface area contributed by atoms with Gasteiger partial charge in [0.2, 0.25) is 0 Å². The first kappa shape index (κ1) is 17.0. The zero-order valence-electron chi connectivity index (χ0n) is 15.7. The first-order valence-corrected chi connectivity index (χ1v) is 10.5. The number of hydrogen-bond donors (Lipinski definition) is 3. The van der Waals surface area contributed by atoms with E-state index in [1.54, 1.807) is 6.92 Å². The second-order valence-corrected chi connectivity index (χ2v) is 10.5. The molecule has 1 spiro atoms. The molecule has 0 aromatic rings. The van der Waals surface area contributed by atoms with E-state index in [2.05, 4.69) is 6.92 Å². The SMILES string of the molecule is CC1(O)OCC23CCC4C(CCC5CC(O)CCC54C)C2(O)CCC13. The van der Waals surface area contributed by atoms with Gasteiger partial charge in [-0.25, -0.2) is 0 Å². The third-order valence-electron chi connectivity index (χ3n) is 9.79. The molecule has 1 saturated heterocycles. The molecule has 1 aliphatic heterocycles. The van der Waals surface area contributed by atoms with E-state index >= 15 is 0 Å². The highest BCUT2D eigenvalue weighted by Gasteiger charge is 2.74. The molecule has 5 fully saturated rings. The lowest BCUT2D eigenvalue weighted by atomic mass is 9.43. The topological polar surface area (TPSA) is 69.9 Å². The molecule has 4 aliphatic carbocycles. The van der Waals surface area contributed by atoms with E-state index in [-0.39, 0.29) is 22.9 Å². The van der Waals surface area contributed by atoms with Gasteiger partial charge in [0.1, 0.15) is 0 Å². The standard InChI is InChI=1S/C21H34O4/c1-18-8-5-14(22)11-13(18)3-4-16-15(18)6-9-20-12-25-19(2,23)17(20)7-10-21(16,20)24/h13-17,22-24H,3-12H2,1-2H3. The van der Waals surface area contributed by atoms with Crippen molar-refractivity contribution < 1.29 is 20.1 Å². The van der Waals surface area contributed by atoms with Gasteiger partial charge < -0.3 is 20.1 Å². The van der Waals surface area contributed by atoms with E-state index in [4.69, 9.17) is 4.74 Å². The van der Waals surface area contributed by atoms with Crippen LogP contribution in [0.5, 0.6) is 0 Å². The third-order valence-corrected chi connectivity index (χ3v) is 9.79. The predicted molar refractivity (Wildman–Crippen MR) is 93.6 cm³/mol. The first-order chi connectivity index (χ1) is 11.7. The van der Waals surface area contributed by atoms with Crippen LogP contribution in [0.15, 0.2) is 0 Å². The predicted octanol–water partition coefficient (Wildman–Crippen LogP) is 2.84. The summed E-state index contributed by atoms with van der Waals surface area (Å²) >= 11 is 0. The van der Waals surface area contributed by atoms with Gasteiger partial charge in [0, 0.05) is 11.3 Å². The number of fused-ring (bicyclic) bond motifs is 4. The average molecular weight is 350 g/mol. The van der Waals surface area contributed by atoms with Crippen molar-refractivity contribution in [2.75, 3.05) is 6.61 Å². The molecule has 0 amide bonds. The van der Waals surface area contributed by atoms with E-state index < -0.39 is 11.4 Å². The largest absolute Gasteiger partial charge is 0.393 e. The van der Waals surface area contributed by atoms with Crippen LogP contribution in [-0.2, 0) is 4.74 Å². The summed E-state index contributed by atoms with van der Waals surface area (Å²) in [4.78, 5) is 0. The Labute approximate surface area is 151 Å². The lowest BCUT2D eigenvalue weighted by Crippen LogP contribution is -2.63. The van der Waals surface area contributed by atoms with Crippen LogP contribution in [0.1, 0.15) is 71.6 Å². The zero-order valence-corrected chi connectivity index (χ0v) is 15.7. The molecule has 4 nitrogen and oxygen atoms in total. The fourth-order valence-corrected chi connectivity index (χ4v) is 8.48. The van der Waals surface area contributed by atoms with E-state index in [0.29, 0.717) is 24.4 Å². The maximum absolute atomic E-state index is 12.0. The lowest BCUT2D eigenvalue weighted by Gasteiger charge is -2.63. The maximum atomic E-state index is 12.0. The monoisotopic (exact) mass is 350 g/mol.